The number of benzene rings is 2. The fraction of sp³-hybridized carbons (Fsp3) is 0.316. The molecule has 1 aliphatic heterocycles. The summed E-state index contributed by atoms with van der Waals surface area (Å²) in [6.07, 6.45) is 1.70. The summed E-state index contributed by atoms with van der Waals surface area (Å²) in [7, 11) is 0. The Labute approximate surface area is 131 Å². The van der Waals surface area contributed by atoms with Crippen LogP contribution >= 0.6 is 0 Å². The highest BCUT2D eigenvalue weighted by atomic mass is 16.4. The van der Waals surface area contributed by atoms with Gasteiger partial charge in [0.25, 0.3) is 0 Å². The maximum atomic E-state index is 9.48. The van der Waals surface area contributed by atoms with Gasteiger partial charge in [-0.25, -0.2) is 0 Å². The van der Waals surface area contributed by atoms with E-state index in [-0.39, 0.29) is 18.0 Å². The van der Waals surface area contributed by atoms with Gasteiger partial charge in [0.1, 0.15) is 0 Å². The number of hydrogen-bond acceptors (Lipinski definition) is 3. The SMILES string of the molecule is CC[C@@H]1/C(=N\O)C[C@H](c2ccccc2)N[C@@H]1c1ccccc1. The molecule has 0 aromatic heterocycles. The van der Waals surface area contributed by atoms with Crippen LogP contribution in [0.4, 0.5) is 0 Å². The third-order valence-corrected chi connectivity index (χ3v) is 4.55. The molecule has 0 amide bonds. The Morgan fingerprint density at radius 2 is 1.59 bits per heavy atom. The van der Waals surface area contributed by atoms with Crippen LogP contribution in [0.25, 0.3) is 0 Å². The Morgan fingerprint density at radius 3 is 2.14 bits per heavy atom. The number of rotatable bonds is 3. The smallest absolute Gasteiger partial charge is 0.0639 e. The predicted molar refractivity (Wildman–Crippen MR) is 89.1 cm³/mol. The van der Waals surface area contributed by atoms with Crippen LogP contribution in [0.1, 0.15) is 43.0 Å². The molecule has 2 aromatic carbocycles. The summed E-state index contributed by atoms with van der Waals surface area (Å²) in [6, 6.07) is 21.2. The minimum Gasteiger partial charge on any atom is -0.411 e. The standard InChI is InChI=1S/C19H22N2O/c1-2-16-18(21-22)13-17(14-9-5-3-6-10-14)20-19(16)15-11-7-4-8-12-15/h3-12,16-17,19-20,22H,2,13H2,1H3/b21-18-/t16-,17-,19-/m1/s1. The van der Waals surface area contributed by atoms with Crippen LogP contribution in [0.3, 0.4) is 0 Å². The Bertz CT molecular complexity index is 624. The Kier molecular flexibility index (Phi) is 4.54. The van der Waals surface area contributed by atoms with Crippen LogP contribution in [0.2, 0.25) is 0 Å². The number of oxime groups is 1. The summed E-state index contributed by atoms with van der Waals surface area (Å²) in [4.78, 5) is 0. The summed E-state index contributed by atoms with van der Waals surface area (Å²) in [5, 5.41) is 16.9. The molecule has 3 heteroatoms. The van der Waals surface area contributed by atoms with Gasteiger partial charge in [-0.2, -0.15) is 0 Å². The largest absolute Gasteiger partial charge is 0.411 e. The molecule has 1 heterocycles. The van der Waals surface area contributed by atoms with Crippen LogP contribution in [-0.2, 0) is 0 Å². The van der Waals surface area contributed by atoms with Crippen molar-refractivity contribution in [1.29, 1.82) is 0 Å². The van der Waals surface area contributed by atoms with E-state index < -0.39 is 0 Å². The second kappa shape index (κ2) is 6.75. The first kappa shape index (κ1) is 14.8. The molecule has 3 rings (SSSR count). The molecule has 0 saturated carbocycles. The van der Waals surface area contributed by atoms with Crippen molar-refractivity contribution in [3.05, 3.63) is 71.8 Å². The van der Waals surface area contributed by atoms with Crippen LogP contribution in [0, 0.1) is 5.92 Å². The quantitative estimate of drug-likeness (QED) is 0.654. The molecule has 2 N–H and O–H groups in total. The van der Waals surface area contributed by atoms with Gasteiger partial charge in [0.2, 0.25) is 0 Å². The van der Waals surface area contributed by atoms with Crippen LogP contribution < -0.4 is 5.32 Å². The van der Waals surface area contributed by atoms with Gasteiger partial charge in [-0.3, -0.25) is 0 Å². The monoisotopic (exact) mass is 294 g/mol. The summed E-state index contributed by atoms with van der Waals surface area (Å²) < 4.78 is 0. The van der Waals surface area contributed by atoms with Gasteiger partial charge in [0.05, 0.1) is 5.71 Å². The van der Waals surface area contributed by atoms with Crippen molar-refractivity contribution in [1.82, 2.24) is 5.32 Å². The molecule has 3 nitrogen and oxygen atoms in total. The average Bonchev–Trinajstić information content (AvgIpc) is 2.62. The van der Waals surface area contributed by atoms with Gasteiger partial charge in [-0.1, -0.05) is 72.7 Å². The molecule has 2 aromatic rings. The van der Waals surface area contributed by atoms with Crippen molar-refractivity contribution in [2.75, 3.05) is 0 Å². The van der Waals surface area contributed by atoms with Gasteiger partial charge < -0.3 is 10.5 Å². The van der Waals surface area contributed by atoms with Gasteiger partial charge >= 0.3 is 0 Å². The Hall–Kier alpha value is -2.13. The van der Waals surface area contributed by atoms with E-state index in [1.807, 2.05) is 12.1 Å². The van der Waals surface area contributed by atoms with Crippen LogP contribution in [0.15, 0.2) is 65.8 Å². The lowest BCUT2D eigenvalue weighted by Gasteiger charge is -2.38. The minimum atomic E-state index is 0.177. The number of nitrogens with one attached hydrogen (secondary N) is 1. The lowest BCUT2D eigenvalue weighted by molar-refractivity contribution is 0.287. The number of piperidine rings is 1. The molecular formula is C19H22N2O. The third-order valence-electron chi connectivity index (χ3n) is 4.55. The number of hydrogen-bond donors (Lipinski definition) is 2. The van der Waals surface area contributed by atoms with Crippen molar-refractivity contribution in [2.45, 2.75) is 31.8 Å². The zero-order valence-corrected chi connectivity index (χ0v) is 12.8. The molecule has 114 valence electrons. The highest BCUT2D eigenvalue weighted by Gasteiger charge is 2.35. The lowest BCUT2D eigenvalue weighted by atomic mass is 9.79. The normalized spacial score (nSPS) is 27.0. The lowest BCUT2D eigenvalue weighted by Crippen LogP contribution is -2.42. The summed E-state index contributed by atoms with van der Waals surface area (Å²) in [6.45, 7) is 2.15. The predicted octanol–water partition coefficient (Wildman–Crippen LogP) is 4.32. The average molecular weight is 294 g/mol. The highest BCUT2D eigenvalue weighted by Crippen LogP contribution is 2.36. The fourth-order valence-corrected chi connectivity index (χ4v) is 3.42. The fourth-order valence-electron chi connectivity index (χ4n) is 3.42. The first-order valence-electron chi connectivity index (χ1n) is 7.90. The highest BCUT2D eigenvalue weighted by molar-refractivity contribution is 5.88. The van der Waals surface area contributed by atoms with Gasteiger partial charge in [0.15, 0.2) is 0 Å². The van der Waals surface area contributed by atoms with Crippen molar-refractivity contribution in [2.24, 2.45) is 11.1 Å². The molecule has 1 saturated heterocycles. The maximum Gasteiger partial charge on any atom is 0.0639 e. The van der Waals surface area contributed by atoms with E-state index in [9.17, 15) is 5.21 Å². The van der Waals surface area contributed by atoms with E-state index in [1.165, 1.54) is 11.1 Å². The van der Waals surface area contributed by atoms with Crippen molar-refractivity contribution in [3.63, 3.8) is 0 Å². The van der Waals surface area contributed by atoms with Crippen molar-refractivity contribution in [3.8, 4) is 0 Å². The van der Waals surface area contributed by atoms with Gasteiger partial charge in [-0.15, -0.1) is 0 Å². The van der Waals surface area contributed by atoms with E-state index in [2.05, 4.69) is 65.9 Å². The zero-order chi connectivity index (χ0) is 15.4. The van der Waals surface area contributed by atoms with E-state index in [4.69, 9.17) is 0 Å². The maximum absolute atomic E-state index is 9.48. The topological polar surface area (TPSA) is 44.6 Å². The first-order chi connectivity index (χ1) is 10.8. The second-order valence-corrected chi connectivity index (χ2v) is 5.83. The minimum absolute atomic E-state index is 0.177. The van der Waals surface area contributed by atoms with Crippen molar-refractivity contribution >= 4 is 5.71 Å². The van der Waals surface area contributed by atoms with Crippen LogP contribution in [0.5, 0.6) is 0 Å². The van der Waals surface area contributed by atoms with E-state index in [0.29, 0.717) is 0 Å². The molecule has 0 bridgehead atoms. The summed E-state index contributed by atoms with van der Waals surface area (Å²) in [5.74, 6) is 0.229. The van der Waals surface area contributed by atoms with E-state index in [1.54, 1.807) is 0 Å². The summed E-state index contributed by atoms with van der Waals surface area (Å²) in [5.41, 5.74) is 3.37. The van der Waals surface area contributed by atoms with E-state index in [0.717, 1.165) is 18.6 Å². The molecule has 0 aliphatic carbocycles. The molecule has 3 atom stereocenters. The van der Waals surface area contributed by atoms with Crippen LogP contribution in [-0.4, -0.2) is 10.9 Å². The second-order valence-electron chi connectivity index (χ2n) is 5.83. The third kappa shape index (κ3) is 2.90. The van der Waals surface area contributed by atoms with Gasteiger partial charge in [-0.05, 0) is 17.5 Å². The first-order valence-corrected chi connectivity index (χ1v) is 7.90. The molecule has 0 unspecified atom stereocenters. The summed E-state index contributed by atoms with van der Waals surface area (Å²) >= 11 is 0. The Morgan fingerprint density at radius 1 is 1.00 bits per heavy atom. The van der Waals surface area contributed by atoms with Crippen molar-refractivity contribution < 1.29 is 5.21 Å². The number of nitrogens with zero attached hydrogens (tertiary/aromatic N) is 1. The molecular weight excluding hydrogens is 272 g/mol. The Balaban J connectivity index is 1.95. The molecule has 0 radical (unpaired) electrons. The van der Waals surface area contributed by atoms with E-state index >= 15 is 0 Å². The van der Waals surface area contributed by atoms with Gasteiger partial charge in [0, 0.05) is 24.4 Å². The molecule has 1 fully saturated rings. The molecule has 22 heavy (non-hydrogen) atoms. The molecule has 1 aliphatic rings. The molecule has 0 spiro atoms. The zero-order valence-electron chi connectivity index (χ0n) is 12.8.